The Morgan fingerprint density at radius 1 is 1.25 bits per heavy atom. The lowest BCUT2D eigenvalue weighted by Gasteiger charge is -2.18. The second kappa shape index (κ2) is 6.39. The van der Waals surface area contributed by atoms with Crippen molar-refractivity contribution in [3.8, 4) is 0 Å². The monoisotopic (exact) mass is 338 g/mol. The summed E-state index contributed by atoms with van der Waals surface area (Å²) < 4.78 is 0.848. The van der Waals surface area contributed by atoms with Crippen molar-refractivity contribution < 1.29 is 9.59 Å². The molecule has 108 valence electrons. The molecule has 1 aromatic rings. The van der Waals surface area contributed by atoms with Gasteiger partial charge in [-0.1, -0.05) is 12.1 Å². The minimum atomic E-state index is -0.185. The molecular weight excluding hydrogens is 320 g/mol. The fourth-order valence-electron chi connectivity index (χ4n) is 2.32. The standard InChI is InChI=1S/C15H19BrN2O2/c1-3-18(4-2)15(20)11-9-10(11)14(19)17-13-8-6-5-7-12(13)16/h5-8,10-11H,3-4,9H2,1-2H3,(H,17,19). The van der Waals surface area contributed by atoms with Gasteiger partial charge in [-0.05, 0) is 48.3 Å². The highest BCUT2D eigenvalue weighted by molar-refractivity contribution is 9.10. The predicted octanol–water partition coefficient (Wildman–Crippen LogP) is 2.89. The number of benzene rings is 1. The van der Waals surface area contributed by atoms with Crippen LogP contribution in [0.2, 0.25) is 0 Å². The highest BCUT2D eigenvalue weighted by Gasteiger charge is 2.49. The summed E-state index contributed by atoms with van der Waals surface area (Å²) in [6.45, 7) is 5.31. The van der Waals surface area contributed by atoms with Crippen molar-refractivity contribution in [3.63, 3.8) is 0 Å². The summed E-state index contributed by atoms with van der Waals surface area (Å²) in [5.41, 5.74) is 0.749. The zero-order valence-electron chi connectivity index (χ0n) is 11.7. The molecule has 0 aliphatic heterocycles. The van der Waals surface area contributed by atoms with Crippen LogP contribution < -0.4 is 5.32 Å². The van der Waals surface area contributed by atoms with E-state index in [1.165, 1.54) is 0 Å². The highest BCUT2D eigenvalue weighted by Crippen LogP contribution is 2.41. The van der Waals surface area contributed by atoms with Gasteiger partial charge >= 0.3 is 0 Å². The van der Waals surface area contributed by atoms with Crippen LogP contribution in [0.25, 0.3) is 0 Å². The van der Waals surface area contributed by atoms with Crippen LogP contribution in [-0.2, 0) is 9.59 Å². The Balaban J connectivity index is 1.94. The maximum Gasteiger partial charge on any atom is 0.228 e. The third-order valence-electron chi connectivity index (χ3n) is 3.65. The number of rotatable bonds is 5. The predicted molar refractivity (Wildman–Crippen MR) is 82.3 cm³/mol. The second-order valence-electron chi connectivity index (χ2n) is 4.93. The van der Waals surface area contributed by atoms with Gasteiger partial charge in [0.15, 0.2) is 0 Å². The molecule has 2 amide bonds. The van der Waals surface area contributed by atoms with Gasteiger partial charge in [-0.2, -0.15) is 0 Å². The van der Waals surface area contributed by atoms with Crippen molar-refractivity contribution in [3.05, 3.63) is 28.7 Å². The van der Waals surface area contributed by atoms with E-state index in [0.717, 1.165) is 10.2 Å². The third-order valence-corrected chi connectivity index (χ3v) is 4.34. The van der Waals surface area contributed by atoms with Crippen molar-refractivity contribution in [1.82, 2.24) is 4.90 Å². The number of hydrogen-bond acceptors (Lipinski definition) is 2. The Morgan fingerprint density at radius 2 is 1.90 bits per heavy atom. The number of para-hydroxylation sites is 1. The molecule has 2 unspecified atom stereocenters. The molecular formula is C15H19BrN2O2. The Bertz CT molecular complexity index is 514. The molecule has 20 heavy (non-hydrogen) atoms. The molecule has 1 fully saturated rings. The summed E-state index contributed by atoms with van der Waals surface area (Å²) in [7, 11) is 0. The average Bonchev–Trinajstić information content (AvgIpc) is 3.23. The molecule has 0 heterocycles. The molecule has 2 rings (SSSR count). The minimum Gasteiger partial charge on any atom is -0.343 e. The van der Waals surface area contributed by atoms with Crippen LogP contribution in [0, 0.1) is 11.8 Å². The number of halogens is 1. The van der Waals surface area contributed by atoms with Gasteiger partial charge in [0.2, 0.25) is 11.8 Å². The number of amides is 2. The smallest absolute Gasteiger partial charge is 0.228 e. The van der Waals surface area contributed by atoms with E-state index in [-0.39, 0.29) is 23.7 Å². The molecule has 0 spiro atoms. The number of nitrogens with zero attached hydrogens (tertiary/aromatic N) is 1. The topological polar surface area (TPSA) is 49.4 Å². The first kappa shape index (κ1) is 15.0. The van der Waals surface area contributed by atoms with Crippen LogP contribution in [0.3, 0.4) is 0 Å². The lowest BCUT2D eigenvalue weighted by atomic mass is 10.2. The summed E-state index contributed by atoms with van der Waals surface area (Å²) in [6.07, 6.45) is 0.658. The van der Waals surface area contributed by atoms with E-state index in [9.17, 15) is 9.59 Å². The van der Waals surface area contributed by atoms with Gasteiger partial charge in [-0.25, -0.2) is 0 Å². The number of nitrogens with one attached hydrogen (secondary N) is 1. The Hall–Kier alpha value is -1.36. The van der Waals surface area contributed by atoms with Crippen LogP contribution in [0.15, 0.2) is 28.7 Å². The molecule has 1 N–H and O–H groups in total. The lowest BCUT2D eigenvalue weighted by molar-refractivity contribution is -0.133. The Kier molecular flexibility index (Phi) is 4.81. The highest BCUT2D eigenvalue weighted by atomic mass is 79.9. The van der Waals surface area contributed by atoms with Crippen molar-refractivity contribution in [2.75, 3.05) is 18.4 Å². The van der Waals surface area contributed by atoms with Gasteiger partial charge in [0.25, 0.3) is 0 Å². The van der Waals surface area contributed by atoms with Crippen LogP contribution in [0.4, 0.5) is 5.69 Å². The van der Waals surface area contributed by atoms with Crippen LogP contribution in [0.5, 0.6) is 0 Å². The number of anilines is 1. The van der Waals surface area contributed by atoms with Gasteiger partial charge in [0, 0.05) is 17.6 Å². The fraction of sp³-hybridized carbons (Fsp3) is 0.467. The first-order valence-electron chi connectivity index (χ1n) is 6.92. The van der Waals surface area contributed by atoms with E-state index in [0.29, 0.717) is 19.5 Å². The van der Waals surface area contributed by atoms with Crippen LogP contribution in [-0.4, -0.2) is 29.8 Å². The van der Waals surface area contributed by atoms with E-state index >= 15 is 0 Å². The summed E-state index contributed by atoms with van der Waals surface area (Å²) in [5, 5.41) is 2.88. The molecule has 0 bridgehead atoms. The number of carbonyl (C=O) groups excluding carboxylic acids is 2. The molecule has 2 atom stereocenters. The zero-order valence-corrected chi connectivity index (χ0v) is 13.3. The maximum atomic E-state index is 12.1. The molecule has 0 radical (unpaired) electrons. The van der Waals surface area contributed by atoms with Gasteiger partial charge in [0.05, 0.1) is 17.5 Å². The lowest BCUT2D eigenvalue weighted by Crippen LogP contribution is -2.33. The van der Waals surface area contributed by atoms with E-state index in [1.54, 1.807) is 4.90 Å². The summed E-state index contributed by atoms with van der Waals surface area (Å²) in [5.74, 6) is -0.294. The zero-order chi connectivity index (χ0) is 14.7. The summed E-state index contributed by atoms with van der Waals surface area (Å²) in [4.78, 5) is 26.1. The molecule has 4 nitrogen and oxygen atoms in total. The molecule has 1 saturated carbocycles. The van der Waals surface area contributed by atoms with Gasteiger partial charge in [-0.15, -0.1) is 0 Å². The van der Waals surface area contributed by atoms with Crippen molar-refractivity contribution in [1.29, 1.82) is 0 Å². The SMILES string of the molecule is CCN(CC)C(=O)C1CC1C(=O)Nc1ccccc1Br. The van der Waals surface area contributed by atoms with E-state index in [2.05, 4.69) is 21.2 Å². The maximum absolute atomic E-state index is 12.1. The van der Waals surface area contributed by atoms with Gasteiger partial charge in [0.1, 0.15) is 0 Å². The number of carbonyl (C=O) groups is 2. The van der Waals surface area contributed by atoms with Crippen LogP contribution >= 0.6 is 15.9 Å². The van der Waals surface area contributed by atoms with Gasteiger partial charge < -0.3 is 10.2 Å². The Morgan fingerprint density at radius 3 is 2.50 bits per heavy atom. The second-order valence-corrected chi connectivity index (χ2v) is 5.78. The molecule has 1 aliphatic carbocycles. The fourth-order valence-corrected chi connectivity index (χ4v) is 2.70. The van der Waals surface area contributed by atoms with E-state index < -0.39 is 0 Å². The third kappa shape index (κ3) is 3.20. The molecule has 0 saturated heterocycles. The molecule has 1 aliphatic rings. The van der Waals surface area contributed by atoms with Crippen LogP contribution in [0.1, 0.15) is 20.3 Å². The molecule has 0 aromatic heterocycles. The van der Waals surface area contributed by atoms with E-state index in [4.69, 9.17) is 0 Å². The molecule has 1 aromatic carbocycles. The van der Waals surface area contributed by atoms with Crippen molar-refractivity contribution in [2.45, 2.75) is 20.3 Å². The largest absolute Gasteiger partial charge is 0.343 e. The van der Waals surface area contributed by atoms with E-state index in [1.807, 2.05) is 38.1 Å². The van der Waals surface area contributed by atoms with Crippen molar-refractivity contribution in [2.24, 2.45) is 11.8 Å². The molecule has 5 heteroatoms. The van der Waals surface area contributed by atoms with Gasteiger partial charge in [-0.3, -0.25) is 9.59 Å². The first-order valence-corrected chi connectivity index (χ1v) is 7.72. The average molecular weight is 339 g/mol. The summed E-state index contributed by atoms with van der Waals surface area (Å²) in [6, 6.07) is 7.47. The minimum absolute atomic E-state index is 0.0672. The summed E-state index contributed by atoms with van der Waals surface area (Å²) >= 11 is 3.39. The van der Waals surface area contributed by atoms with Crippen molar-refractivity contribution >= 4 is 33.4 Å². The first-order chi connectivity index (χ1) is 9.58. The Labute approximate surface area is 127 Å². The number of hydrogen-bond donors (Lipinski definition) is 1. The normalized spacial score (nSPS) is 20.4. The quantitative estimate of drug-likeness (QED) is 0.897.